The Morgan fingerprint density at radius 2 is 1.86 bits per heavy atom. The molecule has 1 N–H and O–H groups in total. The van der Waals surface area contributed by atoms with Crippen molar-refractivity contribution in [2.24, 2.45) is 5.92 Å². The number of carboxylic acids is 1. The second kappa shape index (κ2) is 11.1. The Balaban J connectivity index is 1.83. The van der Waals surface area contributed by atoms with Crippen molar-refractivity contribution in [2.75, 3.05) is 13.7 Å². The van der Waals surface area contributed by atoms with Crippen LogP contribution in [0.25, 0.3) is 0 Å². The van der Waals surface area contributed by atoms with Gasteiger partial charge in [-0.2, -0.15) is 0 Å². The summed E-state index contributed by atoms with van der Waals surface area (Å²) < 4.78 is 32.1. The van der Waals surface area contributed by atoms with Gasteiger partial charge in [0.15, 0.2) is 6.61 Å². The summed E-state index contributed by atoms with van der Waals surface area (Å²) in [5.74, 6) is -0.747. The molecule has 0 amide bonds. The molecule has 3 aromatic carbocycles. The highest BCUT2D eigenvalue weighted by Crippen LogP contribution is 2.53. The first-order valence-corrected chi connectivity index (χ1v) is 12.0. The summed E-state index contributed by atoms with van der Waals surface area (Å²) in [5.41, 5.74) is 3.22. The van der Waals surface area contributed by atoms with Crippen LogP contribution in [0, 0.1) is 11.7 Å². The van der Waals surface area contributed by atoms with Crippen LogP contribution in [0.3, 0.4) is 0 Å². The van der Waals surface area contributed by atoms with Crippen molar-refractivity contribution >= 4 is 17.6 Å². The van der Waals surface area contributed by atoms with Crippen LogP contribution >= 0.6 is 11.6 Å². The van der Waals surface area contributed by atoms with Crippen LogP contribution in [0.5, 0.6) is 11.5 Å². The van der Waals surface area contributed by atoms with Gasteiger partial charge in [0, 0.05) is 22.4 Å². The van der Waals surface area contributed by atoms with Crippen LogP contribution in [-0.2, 0) is 9.53 Å². The number of carbonyl (C=O) groups is 1. The lowest BCUT2D eigenvalue weighted by Gasteiger charge is -2.43. The first-order valence-electron chi connectivity index (χ1n) is 11.6. The summed E-state index contributed by atoms with van der Waals surface area (Å²) in [6, 6.07) is 19.2. The van der Waals surface area contributed by atoms with Crippen LogP contribution in [0.2, 0.25) is 5.02 Å². The van der Waals surface area contributed by atoms with Gasteiger partial charge in [-0.3, -0.25) is 0 Å². The highest BCUT2D eigenvalue weighted by atomic mass is 35.5. The molecule has 0 unspecified atom stereocenters. The summed E-state index contributed by atoms with van der Waals surface area (Å²) in [5, 5.41) is 9.78. The molecule has 1 heterocycles. The standard InChI is InChI=1S/C29H28ClFO5/c1-17(2)23-15-24(18-6-4-8-20(30)12-18)28(19-7-5-9-21(31)13-19)36-29(23)25-14-22(34-3)10-11-26(25)35-16-27(32)33/h4-14,23-24,28-29H,1,15-16H2,2-3H3,(H,32,33)/t23-,24-,28+,29+/m1/s1. The van der Waals surface area contributed by atoms with Crippen LogP contribution in [-0.4, -0.2) is 24.8 Å². The SMILES string of the molecule is C=C(C)[C@H]1C[C@H](c2cccc(Cl)c2)[C@H](c2cccc(F)c2)O[C@@H]1c1cc(OC)ccc1OCC(=O)O. The van der Waals surface area contributed by atoms with Gasteiger partial charge in [-0.05, 0) is 66.9 Å². The van der Waals surface area contributed by atoms with Crippen LogP contribution in [0.1, 0.15) is 48.2 Å². The molecule has 36 heavy (non-hydrogen) atoms. The minimum absolute atomic E-state index is 0.127. The molecule has 0 aliphatic carbocycles. The van der Waals surface area contributed by atoms with E-state index < -0.39 is 24.8 Å². The Bertz CT molecular complexity index is 1260. The van der Waals surface area contributed by atoms with Gasteiger partial charge in [0.1, 0.15) is 17.3 Å². The lowest BCUT2D eigenvalue weighted by atomic mass is 9.74. The zero-order valence-corrected chi connectivity index (χ0v) is 20.9. The Hall–Kier alpha value is -3.35. The van der Waals surface area contributed by atoms with Crippen molar-refractivity contribution in [1.82, 2.24) is 0 Å². The van der Waals surface area contributed by atoms with Crippen molar-refractivity contribution < 1.29 is 28.5 Å². The van der Waals surface area contributed by atoms with E-state index in [1.165, 1.54) is 12.1 Å². The van der Waals surface area contributed by atoms with Gasteiger partial charge < -0.3 is 19.3 Å². The number of methoxy groups -OCH3 is 1. The van der Waals surface area contributed by atoms with Gasteiger partial charge in [-0.15, -0.1) is 0 Å². The van der Waals surface area contributed by atoms with E-state index >= 15 is 0 Å². The number of ether oxygens (including phenoxy) is 3. The fourth-order valence-corrected chi connectivity index (χ4v) is 5.01. The number of hydrogen-bond donors (Lipinski definition) is 1. The van der Waals surface area contributed by atoms with E-state index in [4.69, 9.17) is 25.8 Å². The van der Waals surface area contributed by atoms with Crippen molar-refractivity contribution in [3.63, 3.8) is 0 Å². The van der Waals surface area contributed by atoms with Gasteiger partial charge in [0.05, 0.1) is 19.3 Å². The summed E-state index contributed by atoms with van der Waals surface area (Å²) in [6.07, 6.45) is -0.389. The average Bonchev–Trinajstić information content (AvgIpc) is 2.86. The molecule has 1 aliphatic rings. The molecule has 0 spiro atoms. The van der Waals surface area contributed by atoms with Gasteiger partial charge in [-0.1, -0.05) is 48.0 Å². The zero-order chi connectivity index (χ0) is 25.8. The molecular formula is C29H28ClFO5. The molecule has 188 valence electrons. The number of halogens is 2. The van der Waals surface area contributed by atoms with Crippen LogP contribution in [0.15, 0.2) is 78.9 Å². The van der Waals surface area contributed by atoms with Crippen molar-refractivity contribution in [2.45, 2.75) is 31.5 Å². The van der Waals surface area contributed by atoms with E-state index in [1.54, 1.807) is 31.4 Å². The normalized spacial score (nSPS) is 21.6. The van der Waals surface area contributed by atoms with E-state index in [2.05, 4.69) is 6.58 Å². The van der Waals surface area contributed by atoms with Crippen LogP contribution in [0.4, 0.5) is 4.39 Å². The summed E-state index contributed by atoms with van der Waals surface area (Å²) >= 11 is 6.32. The second-order valence-electron chi connectivity index (χ2n) is 8.97. The largest absolute Gasteiger partial charge is 0.497 e. The number of aliphatic carboxylic acids is 1. The predicted octanol–water partition coefficient (Wildman–Crippen LogP) is 7.13. The molecule has 3 aromatic rings. The lowest BCUT2D eigenvalue weighted by Crippen LogP contribution is -2.32. The smallest absolute Gasteiger partial charge is 0.341 e. The molecule has 1 fully saturated rings. The molecule has 4 atom stereocenters. The molecule has 0 saturated carbocycles. The molecule has 1 aliphatic heterocycles. The molecule has 1 saturated heterocycles. The minimum Gasteiger partial charge on any atom is -0.497 e. The van der Waals surface area contributed by atoms with Gasteiger partial charge in [-0.25, -0.2) is 9.18 Å². The molecule has 0 radical (unpaired) electrons. The van der Waals surface area contributed by atoms with E-state index in [-0.39, 0.29) is 17.7 Å². The number of benzene rings is 3. The van der Waals surface area contributed by atoms with Gasteiger partial charge in [0.25, 0.3) is 0 Å². The molecule has 7 heteroatoms. The third-order valence-electron chi connectivity index (χ3n) is 6.49. The number of hydrogen-bond acceptors (Lipinski definition) is 4. The van der Waals surface area contributed by atoms with Gasteiger partial charge >= 0.3 is 5.97 Å². The quantitative estimate of drug-likeness (QED) is 0.326. The third kappa shape index (κ3) is 5.72. The van der Waals surface area contributed by atoms with Crippen molar-refractivity contribution in [1.29, 1.82) is 0 Å². The Morgan fingerprint density at radius 3 is 2.53 bits per heavy atom. The van der Waals surface area contributed by atoms with Crippen molar-refractivity contribution in [3.8, 4) is 11.5 Å². The lowest BCUT2D eigenvalue weighted by molar-refractivity contribution is -0.139. The summed E-state index contributed by atoms with van der Waals surface area (Å²) in [7, 11) is 1.56. The topological polar surface area (TPSA) is 65.0 Å². The maximum atomic E-state index is 14.3. The van der Waals surface area contributed by atoms with E-state index in [9.17, 15) is 14.3 Å². The minimum atomic E-state index is -1.09. The fraction of sp³-hybridized carbons (Fsp3) is 0.276. The Kier molecular flexibility index (Phi) is 7.97. The molecule has 0 aromatic heterocycles. The number of rotatable bonds is 8. The Morgan fingerprint density at radius 1 is 1.11 bits per heavy atom. The van der Waals surface area contributed by atoms with Gasteiger partial charge in [0.2, 0.25) is 0 Å². The first kappa shape index (κ1) is 25.7. The molecule has 5 nitrogen and oxygen atoms in total. The van der Waals surface area contributed by atoms with E-state index in [0.717, 1.165) is 11.1 Å². The number of carboxylic acid groups (broad SMARTS) is 1. The summed E-state index contributed by atoms with van der Waals surface area (Å²) in [6.45, 7) is 5.67. The predicted molar refractivity (Wildman–Crippen MR) is 136 cm³/mol. The van der Waals surface area contributed by atoms with Crippen molar-refractivity contribution in [3.05, 3.63) is 106 Å². The monoisotopic (exact) mass is 510 g/mol. The highest BCUT2D eigenvalue weighted by Gasteiger charge is 2.42. The molecule has 0 bridgehead atoms. The summed E-state index contributed by atoms with van der Waals surface area (Å²) in [4.78, 5) is 11.2. The fourth-order valence-electron chi connectivity index (χ4n) is 4.81. The first-order chi connectivity index (χ1) is 17.3. The van der Waals surface area contributed by atoms with Crippen LogP contribution < -0.4 is 9.47 Å². The highest BCUT2D eigenvalue weighted by molar-refractivity contribution is 6.30. The van der Waals surface area contributed by atoms with E-state index in [0.29, 0.717) is 34.1 Å². The second-order valence-corrected chi connectivity index (χ2v) is 9.40. The third-order valence-corrected chi connectivity index (χ3v) is 6.73. The molecule has 4 rings (SSSR count). The Labute approximate surface area is 215 Å². The average molecular weight is 511 g/mol. The maximum absolute atomic E-state index is 14.3. The maximum Gasteiger partial charge on any atom is 0.341 e. The van der Waals surface area contributed by atoms with E-state index in [1.807, 2.05) is 37.3 Å². The molecular weight excluding hydrogens is 483 g/mol. The zero-order valence-electron chi connectivity index (χ0n) is 20.1.